The number of nitrogens with zero attached hydrogens (tertiary/aromatic N) is 1. The fraction of sp³-hybridized carbons (Fsp3) is 1.00. The van der Waals surface area contributed by atoms with Gasteiger partial charge >= 0.3 is 0 Å². The van der Waals surface area contributed by atoms with E-state index in [1.807, 2.05) is 0 Å². The Morgan fingerprint density at radius 3 is 2.07 bits per heavy atom. The Balaban J connectivity index is 2.50. The molecule has 1 aliphatic carbocycles. The lowest BCUT2D eigenvalue weighted by molar-refractivity contribution is 0.0554. The predicted molar refractivity (Wildman–Crippen MR) is 55.7 cm³/mol. The Labute approximate surface area is 86.3 Å². The first-order chi connectivity index (χ1) is 6.45. The Bertz CT molecular complexity index is 268. The molecule has 0 heterocycles. The highest BCUT2D eigenvalue weighted by atomic mass is 32.2. The number of hydrogen-bond acceptors (Lipinski definition) is 3. The number of sulfonamides is 1. The maximum absolute atomic E-state index is 11.3. The molecule has 4 nitrogen and oxygen atoms in total. The molecule has 0 aromatic carbocycles. The molecule has 1 fully saturated rings. The zero-order chi connectivity index (χ0) is 10.8. The van der Waals surface area contributed by atoms with E-state index in [2.05, 4.69) is 0 Å². The van der Waals surface area contributed by atoms with Crippen LogP contribution in [-0.2, 0) is 14.8 Å². The fourth-order valence-electron chi connectivity index (χ4n) is 1.92. The van der Waals surface area contributed by atoms with Crippen molar-refractivity contribution in [2.24, 2.45) is 0 Å². The first-order valence-corrected chi connectivity index (χ1v) is 6.75. The molecule has 0 radical (unpaired) electrons. The van der Waals surface area contributed by atoms with E-state index in [1.165, 1.54) is 10.6 Å². The van der Waals surface area contributed by atoms with Crippen LogP contribution in [0.15, 0.2) is 0 Å². The monoisotopic (exact) mass is 221 g/mol. The Morgan fingerprint density at radius 2 is 1.71 bits per heavy atom. The molecule has 0 atom stereocenters. The van der Waals surface area contributed by atoms with Gasteiger partial charge in [-0.05, 0) is 25.7 Å². The molecule has 1 saturated carbocycles. The van der Waals surface area contributed by atoms with Crippen molar-refractivity contribution in [1.82, 2.24) is 4.31 Å². The van der Waals surface area contributed by atoms with E-state index in [4.69, 9.17) is 4.74 Å². The summed E-state index contributed by atoms with van der Waals surface area (Å²) in [4.78, 5) is 0. The van der Waals surface area contributed by atoms with Crippen LogP contribution in [0.1, 0.15) is 25.7 Å². The van der Waals surface area contributed by atoms with Gasteiger partial charge in [0, 0.05) is 20.2 Å². The second-order valence-electron chi connectivity index (χ2n) is 3.95. The SMILES string of the molecule is CO[C@H]1CC[C@H](N(C)S(C)(=O)=O)CC1. The van der Waals surface area contributed by atoms with Crippen LogP contribution in [-0.4, -0.2) is 45.3 Å². The average molecular weight is 221 g/mol. The molecule has 14 heavy (non-hydrogen) atoms. The van der Waals surface area contributed by atoms with E-state index in [0.29, 0.717) is 6.10 Å². The van der Waals surface area contributed by atoms with Gasteiger partial charge in [-0.1, -0.05) is 0 Å². The van der Waals surface area contributed by atoms with Gasteiger partial charge in [0.15, 0.2) is 0 Å². The highest BCUT2D eigenvalue weighted by Crippen LogP contribution is 2.24. The van der Waals surface area contributed by atoms with E-state index in [9.17, 15) is 8.42 Å². The minimum atomic E-state index is -3.03. The summed E-state index contributed by atoms with van der Waals surface area (Å²) in [6.45, 7) is 0. The quantitative estimate of drug-likeness (QED) is 0.709. The highest BCUT2D eigenvalue weighted by molar-refractivity contribution is 7.88. The van der Waals surface area contributed by atoms with Crippen LogP contribution < -0.4 is 0 Å². The minimum Gasteiger partial charge on any atom is -0.381 e. The summed E-state index contributed by atoms with van der Waals surface area (Å²) in [6, 6.07) is 0.163. The third kappa shape index (κ3) is 2.93. The topological polar surface area (TPSA) is 46.6 Å². The summed E-state index contributed by atoms with van der Waals surface area (Å²) >= 11 is 0. The van der Waals surface area contributed by atoms with Gasteiger partial charge < -0.3 is 4.74 Å². The van der Waals surface area contributed by atoms with Gasteiger partial charge in [0.05, 0.1) is 12.4 Å². The molecule has 0 N–H and O–H groups in total. The van der Waals surface area contributed by atoms with E-state index < -0.39 is 10.0 Å². The van der Waals surface area contributed by atoms with Crippen LogP contribution >= 0.6 is 0 Å². The summed E-state index contributed by atoms with van der Waals surface area (Å²) in [5.41, 5.74) is 0. The molecule has 0 unspecified atom stereocenters. The molecule has 0 amide bonds. The molecule has 0 aromatic heterocycles. The van der Waals surface area contributed by atoms with Gasteiger partial charge in [-0.3, -0.25) is 0 Å². The summed E-state index contributed by atoms with van der Waals surface area (Å²) in [7, 11) is 0.339. The Kier molecular flexibility index (Phi) is 3.92. The van der Waals surface area contributed by atoms with E-state index in [-0.39, 0.29) is 6.04 Å². The van der Waals surface area contributed by atoms with Gasteiger partial charge in [-0.25, -0.2) is 12.7 Å². The average Bonchev–Trinajstić information content (AvgIpc) is 2.15. The first-order valence-electron chi connectivity index (χ1n) is 4.91. The summed E-state index contributed by atoms with van der Waals surface area (Å²) in [6.07, 6.45) is 5.31. The lowest BCUT2D eigenvalue weighted by Crippen LogP contribution is -2.39. The number of methoxy groups -OCH3 is 1. The van der Waals surface area contributed by atoms with Crippen molar-refractivity contribution in [2.45, 2.75) is 37.8 Å². The molecule has 0 saturated heterocycles. The standard InChI is InChI=1S/C9H19NO3S/c1-10(14(3,11)12)8-4-6-9(13-2)7-5-8/h8-9H,4-7H2,1-3H3/t8-,9-. The van der Waals surface area contributed by atoms with Gasteiger partial charge in [-0.2, -0.15) is 0 Å². The second-order valence-corrected chi connectivity index (χ2v) is 5.99. The third-order valence-electron chi connectivity index (χ3n) is 3.01. The van der Waals surface area contributed by atoms with Crippen LogP contribution in [0, 0.1) is 0 Å². The number of rotatable bonds is 3. The van der Waals surface area contributed by atoms with Crippen molar-refractivity contribution in [1.29, 1.82) is 0 Å². The first kappa shape index (κ1) is 11.9. The highest BCUT2D eigenvalue weighted by Gasteiger charge is 2.27. The summed E-state index contributed by atoms with van der Waals surface area (Å²) in [5.74, 6) is 0. The lowest BCUT2D eigenvalue weighted by Gasteiger charge is -2.32. The zero-order valence-corrected chi connectivity index (χ0v) is 9.88. The van der Waals surface area contributed by atoms with Crippen molar-refractivity contribution in [3.63, 3.8) is 0 Å². The smallest absolute Gasteiger partial charge is 0.211 e. The van der Waals surface area contributed by atoms with Gasteiger partial charge in [0.1, 0.15) is 0 Å². The fourth-order valence-corrected chi connectivity index (χ4v) is 2.67. The van der Waals surface area contributed by atoms with E-state index in [0.717, 1.165) is 25.7 Å². The van der Waals surface area contributed by atoms with Gasteiger partial charge in [0.25, 0.3) is 0 Å². The molecule has 1 aliphatic rings. The van der Waals surface area contributed by atoms with Crippen molar-refractivity contribution in [3.05, 3.63) is 0 Å². The Hall–Kier alpha value is -0.130. The molecular formula is C9H19NO3S. The van der Waals surface area contributed by atoms with Gasteiger partial charge in [-0.15, -0.1) is 0 Å². The number of hydrogen-bond donors (Lipinski definition) is 0. The third-order valence-corrected chi connectivity index (χ3v) is 4.36. The largest absolute Gasteiger partial charge is 0.381 e. The maximum atomic E-state index is 11.3. The second kappa shape index (κ2) is 4.59. The van der Waals surface area contributed by atoms with Crippen molar-refractivity contribution >= 4 is 10.0 Å². The van der Waals surface area contributed by atoms with E-state index in [1.54, 1.807) is 14.2 Å². The molecule has 5 heteroatoms. The van der Waals surface area contributed by atoms with Crippen LogP contribution in [0.3, 0.4) is 0 Å². The van der Waals surface area contributed by atoms with Crippen LogP contribution in [0.4, 0.5) is 0 Å². The summed E-state index contributed by atoms with van der Waals surface area (Å²) in [5, 5.41) is 0. The molecule has 0 aromatic rings. The number of ether oxygens (including phenoxy) is 1. The molecule has 0 aliphatic heterocycles. The predicted octanol–water partition coefficient (Wildman–Crippen LogP) is 0.835. The van der Waals surface area contributed by atoms with Crippen LogP contribution in [0.25, 0.3) is 0 Å². The molecule has 0 spiro atoms. The normalized spacial score (nSPS) is 29.4. The maximum Gasteiger partial charge on any atom is 0.211 e. The minimum absolute atomic E-state index is 0.163. The zero-order valence-electron chi connectivity index (χ0n) is 9.06. The molecular weight excluding hydrogens is 202 g/mol. The van der Waals surface area contributed by atoms with Crippen molar-refractivity contribution in [3.8, 4) is 0 Å². The Morgan fingerprint density at radius 1 is 1.21 bits per heavy atom. The molecule has 0 bridgehead atoms. The van der Waals surface area contributed by atoms with Crippen LogP contribution in [0.2, 0.25) is 0 Å². The molecule has 1 rings (SSSR count). The van der Waals surface area contributed by atoms with Crippen molar-refractivity contribution < 1.29 is 13.2 Å². The van der Waals surface area contributed by atoms with Crippen LogP contribution in [0.5, 0.6) is 0 Å². The lowest BCUT2D eigenvalue weighted by atomic mass is 9.93. The van der Waals surface area contributed by atoms with E-state index >= 15 is 0 Å². The van der Waals surface area contributed by atoms with Gasteiger partial charge in [0.2, 0.25) is 10.0 Å². The van der Waals surface area contributed by atoms with Crippen molar-refractivity contribution in [2.75, 3.05) is 20.4 Å². The summed E-state index contributed by atoms with van der Waals surface area (Å²) < 4.78 is 29.3. The molecule has 84 valence electrons.